The zero-order valence-corrected chi connectivity index (χ0v) is 13.3. The van der Waals surface area contributed by atoms with Gasteiger partial charge in [-0.15, -0.1) is 0 Å². The Hall–Kier alpha value is -1.55. The molecule has 0 spiro atoms. The van der Waals surface area contributed by atoms with Crippen LogP contribution in [0.15, 0.2) is 30.3 Å². The van der Waals surface area contributed by atoms with Gasteiger partial charge in [0.2, 0.25) is 0 Å². The van der Waals surface area contributed by atoms with Gasteiger partial charge in [0.25, 0.3) is 0 Å². The molecule has 0 saturated carbocycles. The zero-order chi connectivity index (χ0) is 15.2. The second-order valence-electron chi connectivity index (χ2n) is 6.49. The number of hydrogen-bond donors (Lipinski definition) is 2. The zero-order valence-electron chi connectivity index (χ0n) is 13.3. The molecule has 1 aromatic carbocycles. The predicted molar refractivity (Wildman–Crippen MR) is 90.0 cm³/mol. The van der Waals surface area contributed by atoms with E-state index in [1.54, 1.807) is 0 Å². The first kappa shape index (κ1) is 15.3. The third kappa shape index (κ3) is 3.80. The summed E-state index contributed by atoms with van der Waals surface area (Å²) in [5.41, 5.74) is 0.890. The number of likely N-dealkylation sites (tertiary alicyclic amines) is 1. The number of carbonyl (C=O) groups excluding carboxylic acids is 1. The molecular formula is C18H27N3O. The smallest absolute Gasteiger partial charge is 0.321 e. The summed E-state index contributed by atoms with van der Waals surface area (Å²) >= 11 is 0. The summed E-state index contributed by atoms with van der Waals surface area (Å²) in [6, 6.07) is 10.3. The van der Waals surface area contributed by atoms with Crippen molar-refractivity contribution in [3.05, 3.63) is 30.3 Å². The van der Waals surface area contributed by atoms with Crippen LogP contribution in [0.1, 0.15) is 38.5 Å². The van der Waals surface area contributed by atoms with Crippen LogP contribution in [0.3, 0.4) is 0 Å². The molecule has 120 valence electrons. The summed E-state index contributed by atoms with van der Waals surface area (Å²) in [5, 5.41) is 6.51. The van der Waals surface area contributed by atoms with Crippen molar-refractivity contribution in [1.29, 1.82) is 0 Å². The lowest BCUT2D eigenvalue weighted by Gasteiger charge is -2.38. The average Bonchev–Trinajstić information content (AvgIpc) is 2.82. The number of rotatable bonds is 2. The molecule has 0 aromatic heterocycles. The fourth-order valence-corrected chi connectivity index (χ4v) is 3.82. The summed E-state index contributed by atoms with van der Waals surface area (Å²) in [7, 11) is 0. The van der Waals surface area contributed by atoms with Crippen LogP contribution in [0.2, 0.25) is 0 Å². The van der Waals surface area contributed by atoms with Crippen LogP contribution in [0.25, 0.3) is 0 Å². The molecule has 1 atom stereocenters. The van der Waals surface area contributed by atoms with Crippen molar-refractivity contribution in [2.45, 2.75) is 44.6 Å². The van der Waals surface area contributed by atoms with Gasteiger partial charge in [0.05, 0.1) is 0 Å². The first-order chi connectivity index (χ1) is 10.8. The van der Waals surface area contributed by atoms with E-state index in [0.29, 0.717) is 12.0 Å². The van der Waals surface area contributed by atoms with Crippen molar-refractivity contribution in [1.82, 2.24) is 10.2 Å². The van der Waals surface area contributed by atoms with E-state index in [2.05, 4.69) is 15.5 Å². The number of amides is 2. The van der Waals surface area contributed by atoms with Crippen molar-refractivity contribution in [2.24, 2.45) is 5.92 Å². The molecule has 2 saturated heterocycles. The highest BCUT2D eigenvalue weighted by Crippen LogP contribution is 2.28. The minimum absolute atomic E-state index is 0.0802. The standard InChI is InChI=1S/C18H27N3O/c22-18(20-16-7-3-1-4-8-16)21-14-6-2-5-9-17(21)15-10-12-19-13-11-15/h1,3-4,7-8,15,17,19H,2,5-6,9-14H2,(H,20,22). The van der Waals surface area contributed by atoms with E-state index in [1.165, 1.54) is 25.7 Å². The normalized spacial score (nSPS) is 23.8. The highest BCUT2D eigenvalue weighted by molar-refractivity contribution is 5.89. The van der Waals surface area contributed by atoms with Gasteiger partial charge in [0, 0.05) is 18.3 Å². The second-order valence-corrected chi connectivity index (χ2v) is 6.49. The van der Waals surface area contributed by atoms with Crippen LogP contribution >= 0.6 is 0 Å². The van der Waals surface area contributed by atoms with Gasteiger partial charge in [0.15, 0.2) is 0 Å². The maximum atomic E-state index is 12.8. The van der Waals surface area contributed by atoms with Gasteiger partial charge in [-0.25, -0.2) is 4.79 Å². The number of nitrogens with zero attached hydrogens (tertiary/aromatic N) is 1. The Labute approximate surface area is 133 Å². The van der Waals surface area contributed by atoms with Gasteiger partial charge in [-0.3, -0.25) is 0 Å². The monoisotopic (exact) mass is 301 g/mol. The quantitative estimate of drug-likeness (QED) is 0.878. The fourth-order valence-electron chi connectivity index (χ4n) is 3.82. The number of urea groups is 1. The maximum Gasteiger partial charge on any atom is 0.322 e. The number of carbonyl (C=O) groups is 1. The Kier molecular flexibility index (Phi) is 5.33. The number of nitrogens with one attached hydrogen (secondary N) is 2. The highest BCUT2D eigenvalue weighted by Gasteiger charge is 2.32. The van der Waals surface area contributed by atoms with Gasteiger partial charge in [-0.1, -0.05) is 31.0 Å². The van der Waals surface area contributed by atoms with Gasteiger partial charge < -0.3 is 15.5 Å². The van der Waals surface area contributed by atoms with Crippen molar-refractivity contribution in [3.8, 4) is 0 Å². The Balaban J connectivity index is 1.70. The number of anilines is 1. The lowest BCUT2D eigenvalue weighted by molar-refractivity contribution is 0.143. The van der Waals surface area contributed by atoms with Crippen LogP contribution in [0.5, 0.6) is 0 Å². The number of hydrogen-bond acceptors (Lipinski definition) is 2. The van der Waals surface area contributed by atoms with Gasteiger partial charge in [-0.05, 0) is 56.8 Å². The molecular weight excluding hydrogens is 274 g/mol. The summed E-state index contributed by atoms with van der Waals surface area (Å²) in [6.45, 7) is 3.08. The van der Waals surface area contributed by atoms with E-state index in [-0.39, 0.29) is 6.03 Å². The number of para-hydroxylation sites is 1. The number of piperidine rings is 1. The SMILES string of the molecule is O=C(Nc1ccccc1)N1CCCCCC1C1CCNCC1. The molecule has 4 nitrogen and oxygen atoms in total. The topological polar surface area (TPSA) is 44.4 Å². The lowest BCUT2D eigenvalue weighted by Crippen LogP contribution is -2.48. The molecule has 0 aliphatic carbocycles. The molecule has 4 heteroatoms. The number of benzene rings is 1. The van der Waals surface area contributed by atoms with Crippen LogP contribution in [-0.4, -0.2) is 36.6 Å². The highest BCUT2D eigenvalue weighted by atomic mass is 16.2. The van der Waals surface area contributed by atoms with Crippen LogP contribution in [0, 0.1) is 5.92 Å². The van der Waals surface area contributed by atoms with Crippen LogP contribution in [-0.2, 0) is 0 Å². The molecule has 3 rings (SSSR count). The summed E-state index contributed by atoms with van der Waals surface area (Å²) in [4.78, 5) is 14.9. The minimum atomic E-state index is 0.0802. The Morgan fingerprint density at radius 1 is 1.05 bits per heavy atom. The van der Waals surface area contributed by atoms with Gasteiger partial charge >= 0.3 is 6.03 Å². The van der Waals surface area contributed by atoms with E-state index in [1.807, 2.05) is 30.3 Å². The first-order valence-corrected chi connectivity index (χ1v) is 8.68. The van der Waals surface area contributed by atoms with Gasteiger partial charge in [0.1, 0.15) is 0 Å². The minimum Gasteiger partial charge on any atom is -0.321 e. The Morgan fingerprint density at radius 2 is 1.82 bits per heavy atom. The molecule has 22 heavy (non-hydrogen) atoms. The van der Waals surface area contributed by atoms with E-state index >= 15 is 0 Å². The molecule has 0 bridgehead atoms. The Bertz CT molecular complexity index is 470. The predicted octanol–water partition coefficient (Wildman–Crippen LogP) is 3.46. The average molecular weight is 301 g/mol. The fraction of sp³-hybridized carbons (Fsp3) is 0.611. The molecule has 0 radical (unpaired) electrons. The summed E-state index contributed by atoms with van der Waals surface area (Å²) in [6.07, 6.45) is 7.18. The molecule has 2 aliphatic rings. The van der Waals surface area contributed by atoms with E-state index < -0.39 is 0 Å². The van der Waals surface area contributed by atoms with Crippen molar-refractivity contribution in [3.63, 3.8) is 0 Å². The van der Waals surface area contributed by atoms with Gasteiger partial charge in [-0.2, -0.15) is 0 Å². The van der Waals surface area contributed by atoms with Crippen LogP contribution < -0.4 is 10.6 Å². The molecule has 1 unspecified atom stereocenters. The van der Waals surface area contributed by atoms with Crippen molar-refractivity contribution >= 4 is 11.7 Å². The van der Waals surface area contributed by atoms with E-state index in [0.717, 1.165) is 38.2 Å². The molecule has 2 heterocycles. The maximum absolute atomic E-state index is 12.8. The van der Waals surface area contributed by atoms with E-state index in [9.17, 15) is 4.79 Å². The molecule has 2 fully saturated rings. The Morgan fingerprint density at radius 3 is 2.59 bits per heavy atom. The third-order valence-electron chi connectivity index (χ3n) is 5.01. The first-order valence-electron chi connectivity index (χ1n) is 8.68. The van der Waals surface area contributed by atoms with Crippen LogP contribution in [0.4, 0.5) is 10.5 Å². The summed E-state index contributed by atoms with van der Waals surface area (Å²) in [5.74, 6) is 0.654. The second kappa shape index (κ2) is 7.63. The molecule has 1 aromatic rings. The van der Waals surface area contributed by atoms with Crippen molar-refractivity contribution in [2.75, 3.05) is 25.0 Å². The molecule has 2 amide bonds. The van der Waals surface area contributed by atoms with Crippen molar-refractivity contribution < 1.29 is 4.79 Å². The lowest BCUT2D eigenvalue weighted by atomic mass is 9.87. The van der Waals surface area contributed by atoms with E-state index in [4.69, 9.17) is 0 Å². The largest absolute Gasteiger partial charge is 0.322 e. The molecule has 2 N–H and O–H groups in total. The summed E-state index contributed by atoms with van der Waals surface area (Å²) < 4.78 is 0. The molecule has 2 aliphatic heterocycles. The third-order valence-corrected chi connectivity index (χ3v) is 5.01.